The van der Waals surface area contributed by atoms with E-state index in [1.54, 1.807) is 12.1 Å². The number of nitrogens with zero attached hydrogens (tertiary/aromatic N) is 1. The van der Waals surface area contributed by atoms with Crippen LogP contribution in [0.2, 0.25) is 0 Å². The lowest BCUT2D eigenvalue weighted by molar-refractivity contribution is 0.301. The third-order valence-electron chi connectivity index (χ3n) is 3.29. The van der Waals surface area contributed by atoms with Crippen LogP contribution in [0.25, 0.3) is 0 Å². The summed E-state index contributed by atoms with van der Waals surface area (Å²) in [6.45, 7) is 1.13. The van der Waals surface area contributed by atoms with Crippen LogP contribution in [0.5, 0.6) is 0 Å². The molecule has 21 heavy (non-hydrogen) atoms. The summed E-state index contributed by atoms with van der Waals surface area (Å²) in [5, 5.41) is 9.24. The predicted octanol–water partition coefficient (Wildman–Crippen LogP) is 3.05. The van der Waals surface area contributed by atoms with E-state index in [0.717, 1.165) is 11.1 Å². The lowest BCUT2D eigenvalue weighted by atomic mass is 10.1. The zero-order chi connectivity index (χ0) is 15.2. The van der Waals surface area contributed by atoms with Crippen LogP contribution in [-0.2, 0) is 13.1 Å². The number of nitrogens with two attached hydrogens (primary N) is 1. The van der Waals surface area contributed by atoms with Gasteiger partial charge in [-0.1, -0.05) is 36.4 Å². The second-order valence-electron chi connectivity index (χ2n) is 4.71. The van der Waals surface area contributed by atoms with Crippen LogP contribution >= 0.6 is 15.9 Å². The second-order valence-corrected chi connectivity index (χ2v) is 5.50. The summed E-state index contributed by atoms with van der Waals surface area (Å²) in [7, 11) is 0. The molecule has 0 aromatic heterocycles. The number of aliphatic hydroxyl groups is 1. The number of hydrogen-bond acceptors (Lipinski definition) is 3. The first kappa shape index (κ1) is 15.9. The number of rotatable bonds is 6. The normalized spacial score (nSPS) is 10.7. The molecule has 2 aromatic carbocycles. The van der Waals surface area contributed by atoms with Crippen molar-refractivity contribution in [3.63, 3.8) is 0 Å². The Labute approximate surface area is 132 Å². The molecule has 0 saturated heterocycles. The van der Waals surface area contributed by atoms with Crippen molar-refractivity contribution in [1.29, 1.82) is 0 Å². The molecule has 112 valence electrons. The highest BCUT2D eigenvalue weighted by atomic mass is 79.9. The minimum Gasteiger partial charge on any atom is -0.395 e. The molecule has 0 unspecified atom stereocenters. The Hall–Kier alpha value is -1.43. The van der Waals surface area contributed by atoms with Gasteiger partial charge in [-0.15, -0.1) is 0 Å². The molecule has 5 heteroatoms. The molecule has 0 aliphatic heterocycles. The molecule has 0 aliphatic carbocycles. The van der Waals surface area contributed by atoms with E-state index in [1.807, 2.05) is 35.2 Å². The van der Waals surface area contributed by atoms with Gasteiger partial charge in [0.15, 0.2) is 5.82 Å². The summed E-state index contributed by atoms with van der Waals surface area (Å²) in [4.78, 5) is 1.82. The van der Waals surface area contributed by atoms with Gasteiger partial charge in [-0.3, -0.25) is 0 Å². The van der Waals surface area contributed by atoms with Gasteiger partial charge in [0, 0.05) is 19.6 Å². The van der Waals surface area contributed by atoms with Crippen molar-refractivity contribution in [2.24, 2.45) is 5.73 Å². The minimum atomic E-state index is -0.345. The zero-order valence-electron chi connectivity index (χ0n) is 11.6. The highest BCUT2D eigenvalue weighted by Gasteiger charge is 2.16. The summed E-state index contributed by atoms with van der Waals surface area (Å²) >= 11 is 3.25. The van der Waals surface area contributed by atoms with Crippen LogP contribution in [-0.4, -0.2) is 18.3 Å². The van der Waals surface area contributed by atoms with Crippen molar-refractivity contribution in [2.45, 2.75) is 13.1 Å². The number of halogens is 2. The first-order valence-electron chi connectivity index (χ1n) is 6.74. The van der Waals surface area contributed by atoms with Crippen molar-refractivity contribution >= 4 is 21.6 Å². The summed E-state index contributed by atoms with van der Waals surface area (Å²) in [5.41, 5.74) is 7.81. The van der Waals surface area contributed by atoms with Crippen molar-refractivity contribution in [3.05, 3.63) is 63.9 Å². The van der Waals surface area contributed by atoms with E-state index >= 15 is 0 Å². The van der Waals surface area contributed by atoms with Gasteiger partial charge < -0.3 is 15.7 Å². The van der Waals surface area contributed by atoms with Crippen molar-refractivity contribution < 1.29 is 9.50 Å². The Balaban J connectivity index is 2.32. The maximum Gasteiger partial charge on any atom is 0.160 e. The van der Waals surface area contributed by atoms with E-state index in [1.165, 1.54) is 0 Å². The molecule has 2 rings (SSSR count). The van der Waals surface area contributed by atoms with Gasteiger partial charge in [0.25, 0.3) is 0 Å². The van der Waals surface area contributed by atoms with E-state index in [0.29, 0.717) is 23.2 Å². The fourth-order valence-corrected chi connectivity index (χ4v) is 2.69. The molecular weight excluding hydrogens is 335 g/mol. The van der Waals surface area contributed by atoms with Crippen LogP contribution in [0, 0.1) is 5.82 Å². The molecule has 0 spiro atoms. The molecule has 0 heterocycles. The minimum absolute atomic E-state index is 0.0392. The summed E-state index contributed by atoms with van der Waals surface area (Å²) in [5.74, 6) is -0.345. The summed E-state index contributed by atoms with van der Waals surface area (Å²) in [6.07, 6.45) is 0. The van der Waals surface area contributed by atoms with Crippen molar-refractivity contribution in [1.82, 2.24) is 0 Å². The summed E-state index contributed by atoms with van der Waals surface area (Å²) in [6, 6.07) is 13.3. The molecule has 0 aliphatic rings. The number of benzene rings is 2. The summed E-state index contributed by atoms with van der Waals surface area (Å²) < 4.78 is 14.9. The Morgan fingerprint density at radius 1 is 1.14 bits per heavy atom. The molecule has 2 aromatic rings. The quantitative estimate of drug-likeness (QED) is 0.839. The Morgan fingerprint density at radius 2 is 1.86 bits per heavy atom. The molecule has 0 saturated carbocycles. The molecule has 0 fully saturated rings. The molecule has 0 radical (unpaired) electrons. The Morgan fingerprint density at radius 3 is 2.48 bits per heavy atom. The fourth-order valence-electron chi connectivity index (χ4n) is 2.19. The monoisotopic (exact) mass is 352 g/mol. The Bertz CT molecular complexity index is 592. The maximum atomic E-state index is 14.5. The van der Waals surface area contributed by atoms with E-state index in [-0.39, 0.29) is 19.0 Å². The SMILES string of the molecule is NCc1ccc(N(CCO)Cc2ccccc2)c(F)c1Br. The van der Waals surface area contributed by atoms with Gasteiger partial charge in [-0.25, -0.2) is 4.39 Å². The topological polar surface area (TPSA) is 49.5 Å². The molecule has 0 bridgehead atoms. The lowest BCUT2D eigenvalue weighted by Crippen LogP contribution is -2.27. The number of anilines is 1. The van der Waals surface area contributed by atoms with Gasteiger partial charge >= 0.3 is 0 Å². The number of hydrogen-bond donors (Lipinski definition) is 2. The van der Waals surface area contributed by atoms with Crippen LogP contribution in [0.15, 0.2) is 46.9 Å². The van der Waals surface area contributed by atoms with Gasteiger partial charge in [-0.2, -0.15) is 0 Å². The molecule has 3 N–H and O–H groups in total. The lowest BCUT2D eigenvalue weighted by Gasteiger charge is -2.25. The van der Waals surface area contributed by atoms with Crippen molar-refractivity contribution in [3.8, 4) is 0 Å². The number of aliphatic hydroxyl groups excluding tert-OH is 1. The van der Waals surface area contributed by atoms with Gasteiger partial charge in [-0.05, 0) is 33.1 Å². The van der Waals surface area contributed by atoms with Crippen LogP contribution < -0.4 is 10.6 Å². The first-order valence-corrected chi connectivity index (χ1v) is 7.53. The smallest absolute Gasteiger partial charge is 0.160 e. The standard InChI is InChI=1S/C16H18BrFN2O/c17-15-13(10-19)6-7-14(16(15)18)20(8-9-21)11-12-4-2-1-3-5-12/h1-7,21H,8-11,19H2. The van der Waals surface area contributed by atoms with Crippen molar-refractivity contribution in [2.75, 3.05) is 18.1 Å². The van der Waals surface area contributed by atoms with Gasteiger partial charge in [0.05, 0.1) is 16.8 Å². The van der Waals surface area contributed by atoms with E-state index in [9.17, 15) is 9.50 Å². The second kappa shape index (κ2) is 7.54. The third kappa shape index (κ3) is 3.81. The average molecular weight is 353 g/mol. The fraction of sp³-hybridized carbons (Fsp3) is 0.250. The first-order chi connectivity index (χ1) is 10.2. The highest BCUT2D eigenvalue weighted by Crippen LogP contribution is 2.30. The molecule has 0 atom stereocenters. The van der Waals surface area contributed by atoms with Crippen LogP contribution in [0.3, 0.4) is 0 Å². The van der Waals surface area contributed by atoms with E-state index < -0.39 is 0 Å². The van der Waals surface area contributed by atoms with E-state index in [4.69, 9.17) is 5.73 Å². The van der Waals surface area contributed by atoms with Gasteiger partial charge in [0.1, 0.15) is 0 Å². The molecular formula is C16H18BrFN2O. The predicted molar refractivity (Wildman–Crippen MR) is 86.6 cm³/mol. The zero-order valence-corrected chi connectivity index (χ0v) is 13.2. The average Bonchev–Trinajstić information content (AvgIpc) is 2.51. The maximum absolute atomic E-state index is 14.5. The van der Waals surface area contributed by atoms with Crippen LogP contribution in [0.4, 0.5) is 10.1 Å². The molecule has 3 nitrogen and oxygen atoms in total. The van der Waals surface area contributed by atoms with Crippen LogP contribution in [0.1, 0.15) is 11.1 Å². The Kier molecular flexibility index (Phi) is 5.73. The third-order valence-corrected chi connectivity index (χ3v) is 4.15. The largest absolute Gasteiger partial charge is 0.395 e. The highest BCUT2D eigenvalue weighted by molar-refractivity contribution is 9.10. The molecule has 0 amide bonds. The van der Waals surface area contributed by atoms with E-state index in [2.05, 4.69) is 15.9 Å². The van der Waals surface area contributed by atoms with Gasteiger partial charge in [0.2, 0.25) is 0 Å².